The molecule has 2 rings (SSSR count). The Morgan fingerprint density at radius 1 is 1.07 bits per heavy atom. The lowest BCUT2D eigenvalue weighted by atomic mass is 10.0. The summed E-state index contributed by atoms with van der Waals surface area (Å²) in [5.74, 6) is 0.361. The molecule has 0 atom stereocenters. The Balaban J connectivity index is 2.62. The van der Waals surface area contributed by atoms with Gasteiger partial charge in [0.25, 0.3) is 5.91 Å². The lowest BCUT2D eigenvalue weighted by molar-refractivity contribution is 0.102. The molecule has 0 saturated carbocycles. The Bertz CT molecular complexity index is 1070. The van der Waals surface area contributed by atoms with Gasteiger partial charge >= 0.3 is 0 Å². The topological polar surface area (TPSA) is 93.4 Å². The molecule has 0 unspecified atom stereocenters. The van der Waals surface area contributed by atoms with Gasteiger partial charge in [0, 0.05) is 23.9 Å². The van der Waals surface area contributed by atoms with Gasteiger partial charge in [-0.05, 0) is 56.4 Å². The number of carbonyl (C=O) groups excluding carboxylic acids is 1. The van der Waals surface area contributed by atoms with Crippen molar-refractivity contribution in [2.45, 2.75) is 65.2 Å². The van der Waals surface area contributed by atoms with E-state index >= 15 is 0 Å². The fraction of sp³-hybridized carbons (Fsp3) is 0.455. The van der Waals surface area contributed by atoms with Crippen molar-refractivity contribution in [3.05, 3.63) is 56.1 Å². The molecule has 158 valence electrons. The van der Waals surface area contributed by atoms with Gasteiger partial charge in [0.1, 0.15) is 17.1 Å². The summed E-state index contributed by atoms with van der Waals surface area (Å²) < 4.78 is 29.8. The van der Waals surface area contributed by atoms with E-state index in [-0.39, 0.29) is 15.9 Å². The summed E-state index contributed by atoms with van der Waals surface area (Å²) in [4.78, 5) is 26.2. The fourth-order valence-corrected chi connectivity index (χ4v) is 3.98. The van der Waals surface area contributed by atoms with Crippen molar-refractivity contribution in [1.29, 1.82) is 0 Å². The molecule has 0 saturated heterocycles. The smallest absolute Gasteiger partial charge is 0.263 e. The van der Waals surface area contributed by atoms with Gasteiger partial charge in [-0.2, -0.15) is 0 Å². The molecule has 0 spiro atoms. The zero-order valence-corrected chi connectivity index (χ0v) is 18.7. The van der Waals surface area contributed by atoms with E-state index in [2.05, 4.69) is 5.32 Å². The molecule has 29 heavy (non-hydrogen) atoms. The number of sulfone groups is 1. The maximum Gasteiger partial charge on any atom is 0.263 e. The average molecular weight is 420 g/mol. The third kappa shape index (κ3) is 4.78. The van der Waals surface area contributed by atoms with Crippen molar-refractivity contribution in [2.24, 2.45) is 0 Å². The molecule has 0 aliphatic heterocycles. The van der Waals surface area contributed by atoms with Gasteiger partial charge in [-0.15, -0.1) is 0 Å². The molecule has 0 aliphatic rings. The third-order valence-electron chi connectivity index (χ3n) is 5.06. The van der Waals surface area contributed by atoms with Gasteiger partial charge in [0.2, 0.25) is 5.43 Å². The summed E-state index contributed by atoms with van der Waals surface area (Å²) in [6, 6.07) is 3.17. The molecule has 1 aromatic heterocycles. The third-order valence-corrected chi connectivity index (χ3v) is 6.15. The first-order valence-corrected chi connectivity index (χ1v) is 11.7. The number of benzene rings is 1. The number of rotatable bonds is 7. The van der Waals surface area contributed by atoms with Crippen LogP contribution in [0.25, 0.3) is 0 Å². The predicted octanol–water partition coefficient (Wildman–Crippen LogP) is 3.99. The molecule has 1 N–H and O–H groups in total. The SMILES string of the molecule is CCCc1oc(C)c(C)c(=O)c1C(=O)Nc1c(CC)cc(S(C)(=O)=O)cc1CC. The number of nitrogens with one attached hydrogen (secondary N) is 1. The normalized spacial score (nSPS) is 11.5. The van der Waals surface area contributed by atoms with E-state index in [1.54, 1.807) is 26.0 Å². The quantitative estimate of drug-likeness (QED) is 0.732. The Kier molecular flexibility index (Phi) is 7.06. The number of amides is 1. The van der Waals surface area contributed by atoms with Crippen LogP contribution in [0.1, 0.15) is 65.8 Å². The molecule has 6 nitrogen and oxygen atoms in total. The van der Waals surface area contributed by atoms with Gasteiger partial charge in [-0.25, -0.2) is 8.42 Å². The highest BCUT2D eigenvalue weighted by Gasteiger charge is 2.23. The Labute approximate surface area is 172 Å². The van der Waals surface area contributed by atoms with Crippen molar-refractivity contribution >= 4 is 21.4 Å². The van der Waals surface area contributed by atoms with Crippen molar-refractivity contribution < 1.29 is 17.6 Å². The molecule has 0 radical (unpaired) electrons. The second kappa shape index (κ2) is 8.95. The van der Waals surface area contributed by atoms with Crippen LogP contribution >= 0.6 is 0 Å². The molecule has 0 fully saturated rings. The van der Waals surface area contributed by atoms with Crippen LogP contribution < -0.4 is 10.7 Å². The van der Waals surface area contributed by atoms with Gasteiger partial charge < -0.3 is 9.73 Å². The molecule has 0 bridgehead atoms. The zero-order chi connectivity index (χ0) is 21.9. The molecule has 7 heteroatoms. The van der Waals surface area contributed by atoms with Crippen LogP contribution in [0, 0.1) is 13.8 Å². The second-order valence-electron chi connectivity index (χ2n) is 7.21. The van der Waals surface area contributed by atoms with Gasteiger partial charge in [-0.1, -0.05) is 20.8 Å². The highest BCUT2D eigenvalue weighted by Crippen LogP contribution is 2.28. The summed E-state index contributed by atoms with van der Waals surface area (Å²) in [6.07, 6.45) is 3.45. The van der Waals surface area contributed by atoms with Gasteiger partial charge in [0.05, 0.1) is 4.90 Å². The molecule has 1 heterocycles. The summed E-state index contributed by atoms with van der Waals surface area (Å²) in [5, 5.41) is 2.87. The van der Waals surface area contributed by atoms with E-state index in [1.807, 2.05) is 20.8 Å². The number of carbonyl (C=O) groups is 1. The van der Waals surface area contributed by atoms with Crippen molar-refractivity contribution in [3.63, 3.8) is 0 Å². The number of aryl methyl sites for hydroxylation is 4. The zero-order valence-electron chi connectivity index (χ0n) is 17.9. The molecule has 2 aromatic rings. The maximum atomic E-state index is 13.1. The molecule has 1 aromatic carbocycles. The summed E-state index contributed by atoms with van der Waals surface area (Å²) >= 11 is 0. The number of hydrogen-bond acceptors (Lipinski definition) is 5. The minimum absolute atomic E-state index is 0.0197. The first-order chi connectivity index (χ1) is 13.5. The second-order valence-corrected chi connectivity index (χ2v) is 9.23. The Hall–Kier alpha value is -2.41. The lowest BCUT2D eigenvalue weighted by Gasteiger charge is -2.17. The minimum Gasteiger partial charge on any atom is -0.465 e. The minimum atomic E-state index is -3.37. The Morgan fingerprint density at radius 3 is 2.07 bits per heavy atom. The maximum absolute atomic E-state index is 13.1. The lowest BCUT2D eigenvalue weighted by Crippen LogP contribution is -2.27. The van der Waals surface area contributed by atoms with Gasteiger partial charge in [-0.3, -0.25) is 9.59 Å². The average Bonchev–Trinajstić information content (AvgIpc) is 2.65. The van der Waals surface area contributed by atoms with Crippen LogP contribution in [0.2, 0.25) is 0 Å². The van der Waals surface area contributed by atoms with Crippen LogP contribution in [0.3, 0.4) is 0 Å². The number of anilines is 1. The van der Waals surface area contributed by atoms with Crippen LogP contribution in [-0.2, 0) is 29.1 Å². The fourth-order valence-electron chi connectivity index (χ4n) is 3.26. The van der Waals surface area contributed by atoms with Gasteiger partial charge in [0.15, 0.2) is 9.84 Å². The van der Waals surface area contributed by atoms with E-state index < -0.39 is 15.7 Å². The molecular weight excluding hydrogens is 390 g/mol. The largest absolute Gasteiger partial charge is 0.465 e. The summed E-state index contributed by atoms with van der Waals surface area (Å²) in [7, 11) is -3.37. The monoisotopic (exact) mass is 419 g/mol. The van der Waals surface area contributed by atoms with Crippen LogP contribution in [0.4, 0.5) is 5.69 Å². The van der Waals surface area contributed by atoms with Crippen molar-refractivity contribution in [3.8, 4) is 0 Å². The Morgan fingerprint density at radius 2 is 1.62 bits per heavy atom. The highest BCUT2D eigenvalue weighted by molar-refractivity contribution is 7.90. The standard InChI is InChI=1S/C22H29NO5S/c1-7-10-18-19(21(24)13(4)14(5)28-18)22(25)23-20-15(8-2)11-17(29(6,26)27)12-16(20)9-3/h11-12H,7-10H2,1-6H3,(H,23,25). The predicted molar refractivity (Wildman–Crippen MR) is 115 cm³/mol. The first-order valence-electron chi connectivity index (χ1n) is 9.85. The van der Waals surface area contributed by atoms with Crippen molar-refractivity contribution in [2.75, 3.05) is 11.6 Å². The summed E-state index contributed by atoms with van der Waals surface area (Å²) in [6.45, 7) is 9.09. The molecule has 0 aliphatic carbocycles. The van der Waals surface area contributed by atoms with E-state index in [4.69, 9.17) is 4.42 Å². The van der Waals surface area contributed by atoms with Crippen molar-refractivity contribution in [1.82, 2.24) is 0 Å². The van der Waals surface area contributed by atoms with E-state index in [9.17, 15) is 18.0 Å². The summed E-state index contributed by atoms with van der Waals surface area (Å²) in [5.41, 5.74) is 2.08. The molecular formula is C22H29NO5S. The number of hydrogen-bond donors (Lipinski definition) is 1. The highest BCUT2D eigenvalue weighted by atomic mass is 32.2. The van der Waals surface area contributed by atoms with Crippen LogP contribution in [0.5, 0.6) is 0 Å². The van der Waals surface area contributed by atoms with E-state index in [0.29, 0.717) is 53.2 Å². The van der Waals surface area contributed by atoms with E-state index in [1.165, 1.54) is 0 Å². The molecule has 1 amide bonds. The van der Waals surface area contributed by atoms with Crippen LogP contribution in [-0.4, -0.2) is 20.6 Å². The first kappa shape index (κ1) is 22.9. The van der Waals surface area contributed by atoms with E-state index in [0.717, 1.165) is 12.7 Å². The van der Waals surface area contributed by atoms with Crippen LogP contribution in [0.15, 0.2) is 26.2 Å².